The Hall–Kier alpha value is -1.31. The highest BCUT2D eigenvalue weighted by atomic mass is 16.5. The first-order valence-electron chi connectivity index (χ1n) is 6.54. The normalized spacial score (nSPS) is 17.2. The van der Waals surface area contributed by atoms with Crippen LogP contribution in [0.15, 0.2) is 6.07 Å². The van der Waals surface area contributed by atoms with E-state index in [0.29, 0.717) is 5.92 Å². The molecule has 0 unspecified atom stereocenters. The Bertz CT molecular complexity index is 510. The molecule has 1 aromatic carbocycles. The van der Waals surface area contributed by atoms with Gasteiger partial charge in [0.15, 0.2) is 5.78 Å². The van der Waals surface area contributed by atoms with E-state index in [2.05, 4.69) is 13.8 Å². The number of hydrogen-bond donors (Lipinski definition) is 0. The molecule has 1 aromatic rings. The first-order chi connectivity index (χ1) is 8.29. The van der Waals surface area contributed by atoms with Crippen molar-refractivity contribution in [3.8, 4) is 5.75 Å². The van der Waals surface area contributed by atoms with Crippen LogP contribution in [0.4, 0.5) is 0 Å². The van der Waals surface area contributed by atoms with Crippen molar-refractivity contribution >= 4 is 5.78 Å². The van der Waals surface area contributed by atoms with E-state index in [-0.39, 0.29) is 11.2 Å². The van der Waals surface area contributed by atoms with Gasteiger partial charge in [-0.2, -0.15) is 0 Å². The van der Waals surface area contributed by atoms with Gasteiger partial charge in [-0.3, -0.25) is 4.79 Å². The van der Waals surface area contributed by atoms with Crippen LogP contribution >= 0.6 is 0 Å². The quantitative estimate of drug-likeness (QED) is 0.791. The number of ether oxygens (including phenoxy) is 1. The van der Waals surface area contributed by atoms with Gasteiger partial charge < -0.3 is 4.74 Å². The van der Waals surface area contributed by atoms with Crippen LogP contribution < -0.4 is 4.74 Å². The SMILES string of the molecule is COc1cc(C)c2c(c1C(C)C)CC(C)(C)C2=O. The number of methoxy groups -OCH3 is 1. The largest absolute Gasteiger partial charge is 0.496 e. The predicted octanol–water partition coefficient (Wildman–Crippen LogP) is 3.89. The number of rotatable bonds is 2. The smallest absolute Gasteiger partial charge is 0.169 e. The van der Waals surface area contributed by atoms with Gasteiger partial charge in [0.05, 0.1) is 7.11 Å². The molecule has 1 aliphatic rings. The molecule has 0 heterocycles. The fourth-order valence-electron chi connectivity index (χ4n) is 3.03. The number of carbonyl (C=O) groups is 1. The summed E-state index contributed by atoms with van der Waals surface area (Å²) in [6.07, 6.45) is 0.826. The summed E-state index contributed by atoms with van der Waals surface area (Å²) in [6, 6.07) is 2.01. The van der Waals surface area contributed by atoms with Gasteiger partial charge in [0.2, 0.25) is 0 Å². The van der Waals surface area contributed by atoms with Crippen molar-refractivity contribution in [2.24, 2.45) is 5.41 Å². The van der Waals surface area contributed by atoms with Crippen LogP contribution in [0, 0.1) is 12.3 Å². The van der Waals surface area contributed by atoms with Gasteiger partial charge in [-0.15, -0.1) is 0 Å². The number of hydrogen-bond acceptors (Lipinski definition) is 2. The van der Waals surface area contributed by atoms with Crippen molar-refractivity contribution in [3.05, 3.63) is 28.3 Å². The Morgan fingerprint density at radius 3 is 2.44 bits per heavy atom. The minimum absolute atomic E-state index is 0.275. The molecule has 0 spiro atoms. The lowest BCUT2D eigenvalue weighted by molar-refractivity contribution is 0.0863. The number of benzene rings is 1. The lowest BCUT2D eigenvalue weighted by Gasteiger charge is -2.18. The second-order valence-electron chi connectivity index (χ2n) is 6.21. The summed E-state index contributed by atoms with van der Waals surface area (Å²) in [4.78, 5) is 12.5. The molecule has 1 aliphatic carbocycles. The van der Waals surface area contributed by atoms with E-state index < -0.39 is 0 Å². The molecule has 0 amide bonds. The van der Waals surface area contributed by atoms with Crippen molar-refractivity contribution < 1.29 is 9.53 Å². The Kier molecular flexibility index (Phi) is 3.00. The Labute approximate surface area is 109 Å². The first kappa shape index (κ1) is 13.1. The lowest BCUT2D eigenvalue weighted by atomic mass is 9.88. The standard InChI is InChI=1S/C16H22O2/c1-9(2)13-11-8-16(4,5)15(17)14(11)10(3)7-12(13)18-6/h7,9H,8H2,1-6H3. The number of ketones is 1. The number of Topliss-reactive ketones (excluding diaryl/α,β-unsaturated/α-hetero) is 1. The van der Waals surface area contributed by atoms with Gasteiger partial charge in [0.1, 0.15) is 5.75 Å². The van der Waals surface area contributed by atoms with Gasteiger partial charge in [-0.25, -0.2) is 0 Å². The Morgan fingerprint density at radius 2 is 1.94 bits per heavy atom. The third-order valence-corrected chi connectivity index (χ3v) is 3.89. The molecular weight excluding hydrogens is 224 g/mol. The molecule has 0 aromatic heterocycles. The predicted molar refractivity (Wildman–Crippen MR) is 73.6 cm³/mol. The molecule has 98 valence electrons. The molecule has 0 radical (unpaired) electrons. The van der Waals surface area contributed by atoms with E-state index in [0.717, 1.165) is 23.3 Å². The average molecular weight is 246 g/mol. The minimum atomic E-state index is -0.275. The molecule has 0 aliphatic heterocycles. The zero-order valence-corrected chi connectivity index (χ0v) is 12.2. The fraction of sp³-hybridized carbons (Fsp3) is 0.562. The van der Waals surface area contributed by atoms with Gasteiger partial charge in [0, 0.05) is 16.5 Å². The molecule has 2 rings (SSSR count). The molecular formula is C16H22O2. The zero-order valence-electron chi connectivity index (χ0n) is 12.2. The molecule has 0 atom stereocenters. The molecule has 0 fully saturated rings. The number of carbonyl (C=O) groups excluding carboxylic acids is 1. The first-order valence-corrected chi connectivity index (χ1v) is 6.54. The summed E-state index contributed by atoms with van der Waals surface area (Å²) in [7, 11) is 1.70. The van der Waals surface area contributed by atoms with Crippen molar-refractivity contribution in [2.75, 3.05) is 7.11 Å². The maximum Gasteiger partial charge on any atom is 0.169 e. The molecule has 0 bridgehead atoms. The summed E-state index contributed by atoms with van der Waals surface area (Å²) in [5.74, 6) is 1.57. The molecule has 0 saturated carbocycles. The summed E-state index contributed by atoms with van der Waals surface area (Å²) in [5, 5.41) is 0. The average Bonchev–Trinajstić information content (AvgIpc) is 2.49. The second kappa shape index (κ2) is 4.11. The van der Waals surface area contributed by atoms with E-state index in [1.807, 2.05) is 26.8 Å². The topological polar surface area (TPSA) is 26.3 Å². The van der Waals surface area contributed by atoms with Gasteiger partial charge in [0.25, 0.3) is 0 Å². The highest BCUT2D eigenvalue weighted by Crippen LogP contribution is 2.44. The molecule has 2 heteroatoms. The monoisotopic (exact) mass is 246 g/mol. The van der Waals surface area contributed by atoms with Gasteiger partial charge in [-0.1, -0.05) is 27.7 Å². The van der Waals surface area contributed by atoms with Crippen molar-refractivity contribution in [1.82, 2.24) is 0 Å². The third kappa shape index (κ3) is 1.75. The van der Waals surface area contributed by atoms with Crippen LogP contribution in [0.2, 0.25) is 0 Å². The van der Waals surface area contributed by atoms with E-state index in [1.165, 1.54) is 11.1 Å². The van der Waals surface area contributed by atoms with Crippen molar-refractivity contribution in [3.63, 3.8) is 0 Å². The second-order valence-corrected chi connectivity index (χ2v) is 6.21. The number of aryl methyl sites for hydroxylation is 1. The summed E-state index contributed by atoms with van der Waals surface area (Å²) in [5.41, 5.74) is 4.11. The van der Waals surface area contributed by atoms with Crippen molar-refractivity contribution in [2.45, 2.75) is 47.0 Å². The van der Waals surface area contributed by atoms with Crippen LogP contribution in [0.5, 0.6) is 5.75 Å². The van der Waals surface area contributed by atoms with Gasteiger partial charge >= 0.3 is 0 Å². The summed E-state index contributed by atoms with van der Waals surface area (Å²) >= 11 is 0. The minimum Gasteiger partial charge on any atom is -0.496 e. The zero-order chi connectivity index (χ0) is 13.7. The molecule has 0 saturated heterocycles. The van der Waals surface area contributed by atoms with Crippen LogP contribution in [0.25, 0.3) is 0 Å². The Balaban J connectivity index is 2.75. The van der Waals surface area contributed by atoms with Crippen LogP contribution in [0.3, 0.4) is 0 Å². The van der Waals surface area contributed by atoms with Crippen LogP contribution in [-0.2, 0) is 6.42 Å². The molecule has 0 N–H and O–H groups in total. The summed E-state index contributed by atoms with van der Waals surface area (Å²) < 4.78 is 5.50. The Morgan fingerprint density at radius 1 is 1.33 bits per heavy atom. The highest BCUT2D eigenvalue weighted by molar-refractivity contribution is 6.06. The third-order valence-electron chi connectivity index (χ3n) is 3.89. The van der Waals surface area contributed by atoms with Gasteiger partial charge in [-0.05, 0) is 36.5 Å². The maximum absolute atomic E-state index is 12.5. The van der Waals surface area contributed by atoms with E-state index in [9.17, 15) is 4.79 Å². The van der Waals surface area contributed by atoms with E-state index >= 15 is 0 Å². The van der Waals surface area contributed by atoms with Crippen LogP contribution in [-0.4, -0.2) is 12.9 Å². The highest BCUT2D eigenvalue weighted by Gasteiger charge is 2.40. The number of fused-ring (bicyclic) bond motifs is 1. The maximum atomic E-state index is 12.5. The molecule has 2 nitrogen and oxygen atoms in total. The van der Waals surface area contributed by atoms with E-state index in [1.54, 1.807) is 7.11 Å². The fourth-order valence-corrected chi connectivity index (χ4v) is 3.03. The lowest BCUT2D eigenvalue weighted by Crippen LogP contribution is -2.19. The molecule has 18 heavy (non-hydrogen) atoms. The van der Waals surface area contributed by atoms with Crippen LogP contribution in [0.1, 0.15) is 60.7 Å². The van der Waals surface area contributed by atoms with E-state index in [4.69, 9.17) is 4.74 Å². The summed E-state index contributed by atoms with van der Waals surface area (Å²) in [6.45, 7) is 10.4. The van der Waals surface area contributed by atoms with Crippen molar-refractivity contribution in [1.29, 1.82) is 0 Å².